The minimum absolute atomic E-state index is 0.0154. The molecule has 0 N–H and O–H groups in total. The molecule has 2 rings (SSSR count). The molecule has 1 aromatic rings. The molecule has 0 aromatic heterocycles. The van der Waals surface area contributed by atoms with E-state index in [0.29, 0.717) is 6.61 Å². The fourth-order valence-corrected chi connectivity index (χ4v) is 2.29. The normalized spacial score (nSPS) is 16.7. The highest BCUT2D eigenvalue weighted by Gasteiger charge is 2.25. The van der Waals surface area contributed by atoms with Gasteiger partial charge >= 0.3 is 5.97 Å². The monoisotopic (exact) mass is 251 g/mol. The second-order valence-electron chi connectivity index (χ2n) is 4.49. The Kier molecular flexibility index (Phi) is 4.18. The summed E-state index contributed by atoms with van der Waals surface area (Å²) in [5.41, 5.74) is 1.01. The fraction of sp³-hybridized carbons (Fsp3) is 0.500. The minimum atomic E-state index is -0.222. The van der Waals surface area contributed by atoms with Crippen molar-refractivity contribution in [3.8, 4) is 0 Å². The lowest BCUT2D eigenvalue weighted by Gasteiger charge is -2.32. The third-order valence-corrected chi connectivity index (χ3v) is 3.31. The number of esters is 1. The number of halogens is 1. The van der Waals surface area contributed by atoms with Gasteiger partial charge < -0.3 is 9.64 Å². The Hall–Kier alpha value is -1.58. The van der Waals surface area contributed by atoms with E-state index in [1.54, 1.807) is 12.1 Å². The molecule has 0 bridgehead atoms. The Bertz CT molecular complexity index is 397. The van der Waals surface area contributed by atoms with Crippen molar-refractivity contribution in [2.75, 3.05) is 24.6 Å². The number of carbonyl (C=O) groups excluding carboxylic acids is 1. The van der Waals surface area contributed by atoms with Gasteiger partial charge in [0.05, 0.1) is 12.5 Å². The quantitative estimate of drug-likeness (QED) is 0.773. The molecule has 0 amide bonds. The van der Waals surface area contributed by atoms with Crippen LogP contribution in [0.3, 0.4) is 0 Å². The van der Waals surface area contributed by atoms with Crippen LogP contribution in [0.4, 0.5) is 10.1 Å². The van der Waals surface area contributed by atoms with Gasteiger partial charge in [-0.15, -0.1) is 0 Å². The molecule has 98 valence electrons. The van der Waals surface area contributed by atoms with Crippen LogP contribution in [-0.4, -0.2) is 25.7 Å². The molecule has 1 saturated heterocycles. The van der Waals surface area contributed by atoms with Gasteiger partial charge in [0.25, 0.3) is 0 Å². The molecule has 0 spiro atoms. The van der Waals surface area contributed by atoms with Crippen molar-refractivity contribution >= 4 is 11.7 Å². The topological polar surface area (TPSA) is 29.5 Å². The molecule has 1 aromatic carbocycles. The van der Waals surface area contributed by atoms with Crippen LogP contribution in [-0.2, 0) is 9.53 Å². The van der Waals surface area contributed by atoms with Crippen LogP contribution in [0.15, 0.2) is 24.3 Å². The molecule has 1 fully saturated rings. The second-order valence-corrected chi connectivity index (χ2v) is 4.49. The maximum absolute atomic E-state index is 12.8. The summed E-state index contributed by atoms with van der Waals surface area (Å²) in [5, 5.41) is 0. The Balaban J connectivity index is 1.90. The van der Waals surface area contributed by atoms with E-state index in [-0.39, 0.29) is 17.7 Å². The van der Waals surface area contributed by atoms with Crippen molar-refractivity contribution in [3.05, 3.63) is 30.1 Å². The third-order valence-electron chi connectivity index (χ3n) is 3.31. The van der Waals surface area contributed by atoms with E-state index in [2.05, 4.69) is 4.90 Å². The maximum Gasteiger partial charge on any atom is 0.309 e. The van der Waals surface area contributed by atoms with Crippen molar-refractivity contribution < 1.29 is 13.9 Å². The second kappa shape index (κ2) is 5.85. The number of ether oxygens (including phenoxy) is 1. The van der Waals surface area contributed by atoms with Crippen molar-refractivity contribution in [2.24, 2.45) is 5.92 Å². The van der Waals surface area contributed by atoms with E-state index < -0.39 is 0 Å². The first-order valence-corrected chi connectivity index (χ1v) is 6.38. The lowest BCUT2D eigenvalue weighted by atomic mass is 9.96. The van der Waals surface area contributed by atoms with Crippen LogP contribution in [0.2, 0.25) is 0 Å². The Labute approximate surface area is 107 Å². The average molecular weight is 251 g/mol. The summed E-state index contributed by atoms with van der Waals surface area (Å²) in [6.07, 6.45) is 1.60. The Morgan fingerprint density at radius 3 is 2.50 bits per heavy atom. The number of rotatable bonds is 3. The van der Waals surface area contributed by atoms with Crippen molar-refractivity contribution in [3.63, 3.8) is 0 Å². The first kappa shape index (κ1) is 12.9. The van der Waals surface area contributed by atoms with E-state index >= 15 is 0 Å². The molecule has 3 nitrogen and oxygen atoms in total. The largest absolute Gasteiger partial charge is 0.466 e. The van der Waals surface area contributed by atoms with Crippen LogP contribution in [0.5, 0.6) is 0 Å². The molecule has 0 saturated carbocycles. The summed E-state index contributed by atoms with van der Waals surface area (Å²) < 4.78 is 17.9. The predicted octanol–water partition coefficient (Wildman–Crippen LogP) is 2.61. The molecule has 1 heterocycles. The van der Waals surface area contributed by atoms with Gasteiger partial charge in [-0.3, -0.25) is 4.79 Å². The van der Waals surface area contributed by atoms with Crippen molar-refractivity contribution in [1.29, 1.82) is 0 Å². The summed E-state index contributed by atoms with van der Waals surface area (Å²) in [5.74, 6) is -0.293. The number of carbonyl (C=O) groups is 1. The van der Waals surface area contributed by atoms with Gasteiger partial charge in [0.1, 0.15) is 5.82 Å². The summed E-state index contributed by atoms with van der Waals surface area (Å²) in [4.78, 5) is 13.8. The summed E-state index contributed by atoms with van der Waals surface area (Å²) in [7, 11) is 0. The molecule has 1 aliphatic heterocycles. The fourth-order valence-electron chi connectivity index (χ4n) is 2.29. The predicted molar refractivity (Wildman–Crippen MR) is 68.0 cm³/mol. The maximum atomic E-state index is 12.8. The van der Waals surface area contributed by atoms with Gasteiger partial charge in [-0.2, -0.15) is 0 Å². The number of nitrogens with zero attached hydrogens (tertiary/aromatic N) is 1. The molecule has 0 unspecified atom stereocenters. The third kappa shape index (κ3) is 3.00. The van der Waals surface area contributed by atoms with Crippen LogP contribution >= 0.6 is 0 Å². The average Bonchev–Trinajstić information content (AvgIpc) is 2.40. The highest BCUT2D eigenvalue weighted by molar-refractivity contribution is 5.72. The molecule has 1 aliphatic rings. The van der Waals surface area contributed by atoms with E-state index in [9.17, 15) is 9.18 Å². The molecule has 18 heavy (non-hydrogen) atoms. The van der Waals surface area contributed by atoms with Crippen LogP contribution < -0.4 is 4.90 Å². The van der Waals surface area contributed by atoms with Gasteiger partial charge in [0, 0.05) is 18.8 Å². The van der Waals surface area contributed by atoms with Crippen molar-refractivity contribution in [2.45, 2.75) is 19.8 Å². The minimum Gasteiger partial charge on any atom is -0.466 e. The Morgan fingerprint density at radius 2 is 1.94 bits per heavy atom. The van der Waals surface area contributed by atoms with Gasteiger partial charge in [-0.25, -0.2) is 4.39 Å². The number of hydrogen-bond donors (Lipinski definition) is 0. The van der Waals surface area contributed by atoms with Crippen LogP contribution in [0.1, 0.15) is 19.8 Å². The summed E-state index contributed by atoms with van der Waals surface area (Å²) >= 11 is 0. The number of hydrogen-bond acceptors (Lipinski definition) is 3. The number of benzene rings is 1. The van der Waals surface area contributed by atoms with E-state index in [1.807, 2.05) is 6.92 Å². The van der Waals surface area contributed by atoms with Gasteiger partial charge in [-0.05, 0) is 44.0 Å². The number of anilines is 1. The summed E-state index contributed by atoms with van der Waals surface area (Å²) in [6, 6.07) is 6.49. The highest BCUT2D eigenvalue weighted by Crippen LogP contribution is 2.24. The zero-order valence-corrected chi connectivity index (χ0v) is 10.6. The highest BCUT2D eigenvalue weighted by atomic mass is 19.1. The lowest BCUT2D eigenvalue weighted by Crippen LogP contribution is -2.36. The molecular weight excluding hydrogens is 233 g/mol. The molecule has 0 radical (unpaired) electrons. The molecule has 0 aliphatic carbocycles. The van der Waals surface area contributed by atoms with E-state index in [4.69, 9.17) is 4.74 Å². The standard InChI is InChI=1S/C14H18FNO2/c1-2-18-14(17)11-7-9-16(10-8-11)13-5-3-12(15)4-6-13/h3-6,11H,2,7-10H2,1H3. The smallest absolute Gasteiger partial charge is 0.309 e. The molecular formula is C14H18FNO2. The van der Waals surface area contributed by atoms with Crippen LogP contribution in [0, 0.1) is 11.7 Å². The lowest BCUT2D eigenvalue weighted by molar-refractivity contribution is -0.148. The van der Waals surface area contributed by atoms with E-state index in [0.717, 1.165) is 31.6 Å². The molecule has 4 heteroatoms. The van der Waals surface area contributed by atoms with Gasteiger partial charge in [0.2, 0.25) is 0 Å². The first-order valence-electron chi connectivity index (χ1n) is 6.38. The van der Waals surface area contributed by atoms with Gasteiger partial charge in [0.15, 0.2) is 0 Å². The molecule has 0 atom stereocenters. The number of piperidine rings is 1. The summed E-state index contributed by atoms with van der Waals surface area (Å²) in [6.45, 7) is 3.90. The SMILES string of the molecule is CCOC(=O)C1CCN(c2ccc(F)cc2)CC1. The Morgan fingerprint density at radius 1 is 1.33 bits per heavy atom. The first-order chi connectivity index (χ1) is 8.70. The van der Waals surface area contributed by atoms with Crippen molar-refractivity contribution in [1.82, 2.24) is 0 Å². The zero-order chi connectivity index (χ0) is 13.0. The van der Waals surface area contributed by atoms with E-state index in [1.165, 1.54) is 12.1 Å². The van der Waals surface area contributed by atoms with Gasteiger partial charge in [-0.1, -0.05) is 0 Å². The zero-order valence-electron chi connectivity index (χ0n) is 10.6. The van der Waals surface area contributed by atoms with Crippen LogP contribution in [0.25, 0.3) is 0 Å².